The molecule has 3 heteroatoms. The zero-order valence-electron chi connectivity index (χ0n) is 14.2. The number of aliphatic hydroxyl groups is 1. The smallest absolute Gasteiger partial charge is 0.0815 e. The molecular weight excluding hydrogens is 286 g/mol. The van der Waals surface area contributed by atoms with Crippen LogP contribution in [-0.4, -0.2) is 36.5 Å². The topological polar surface area (TPSA) is 41.5 Å². The summed E-state index contributed by atoms with van der Waals surface area (Å²) in [5.74, 6) is 0.743. The summed E-state index contributed by atoms with van der Waals surface area (Å²) in [7, 11) is 0. The average Bonchev–Trinajstić information content (AvgIpc) is 2.61. The van der Waals surface area contributed by atoms with Crippen molar-refractivity contribution in [2.45, 2.75) is 63.0 Å². The SMILES string of the molecule is OC1(CNC(Cc2ccccc2)C2CCCCC2)CCOCC1. The lowest BCUT2D eigenvalue weighted by atomic mass is 9.81. The molecule has 1 saturated carbocycles. The van der Waals surface area contributed by atoms with Crippen molar-refractivity contribution in [1.29, 1.82) is 0 Å². The Morgan fingerprint density at radius 3 is 2.48 bits per heavy atom. The Balaban J connectivity index is 1.62. The van der Waals surface area contributed by atoms with Crippen LogP contribution < -0.4 is 5.32 Å². The van der Waals surface area contributed by atoms with Gasteiger partial charge in [-0.25, -0.2) is 0 Å². The van der Waals surface area contributed by atoms with Crippen molar-refractivity contribution in [2.75, 3.05) is 19.8 Å². The van der Waals surface area contributed by atoms with Gasteiger partial charge in [0.25, 0.3) is 0 Å². The first-order valence-corrected chi connectivity index (χ1v) is 9.33. The van der Waals surface area contributed by atoms with Crippen molar-refractivity contribution in [1.82, 2.24) is 5.32 Å². The fourth-order valence-corrected chi connectivity index (χ4v) is 4.06. The van der Waals surface area contributed by atoms with E-state index in [1.54, 1.807) is 0 Å². The molecule has 0 bridgehead atoms. The Morgan fingerprint density at radius 2 is 1.78 bits per heavy atom. The molecule has 1 aliphatic heterocycles. The second-order valence-corrected chi connectivity index (χ2v) is 7.41. The third-order valence-electron chi connectivity index (χ3n) is 5.63. The first-order valence-electron chi connectivity index (χ1n) is 9.33. The lowest BCUT2D eigenvalue weighted by Crippen LogP contribution is -2.50. The van der Waals surface area contributed by atoms with Gasteiger partial charge in [-0.3, -0.25) is 0 Å². The van der Waals surface area contributed by atoms with E-state index in [9.17, 15) is 5.11 Å². The molecule has 0 amide bonds. The van der Waals surface area contributed by atoms with Gasteiger partial charge in [0.2, 0.25) is 0 Å². The lowest BCUT2D eigenvalue weighted by molar-refractivity contribution is -0.0637. The highest BCUT2D eigenvalue weighted by Crippen LogP contribution is 2.29. The first-order chi connectivity index (χ1) is 11.3. The van der Waals surface area contributed by atoms with Crippen molar-refractivity contribution in [3.63, 3.8) is 0 Å². The minimum absolute atomic E-state index is 0.476. The highest BCUT2D eigenvalue weighted by molar-refractivity contribution is 5.16. The third-order valence-corrected chi connectivity index (χ3v) is 5.63. The molecule has 1 aliphatic carbocycles. The Hall–Kier alpha value is -0.900. The highest BCUT2D eigenvalue weighted by atomic mass is 16.5. The van der Waals surface area contributed by atoms with Crippen LogP contribution in [0.25, 0.3) is 0 Å². The van der Waals surface area contributed by atoms with Gasteiger partial charge in [0, 0.05) is 38.6 Å². The van der Waals surface area contributed by atoms with E-state index in [2.05, 4.69) is 35.6 Å². The van der Waals surface area contributed by atoms with E-state index in [0.29, 0.717) is 25.8 Å². The van der Waals surface area contributed by atoms with Gasteiger partial charge in [0.05, 0.1) is 5.60 Å². The number of hydrogen-bond donors (Lipinski definition) is 2. The maximum atomic E-state index is 10.7. The van der Waals surface area contributed by atoms with E-state index in [1.807, 2.05) is 0 Å². The molecule has 0 aromatic heterocycles. The van der Waals surface area contributed by atoms with Gasteiger partial charge in [-0.1, -0.05) is 49.6 Å². The fourth-order valence-electron chi connectivity index (χ4n) is 4.06. The average molecular weight is 317 g/mol. The van der Waals surface area contributed by atoms with E-state index in [-0.39, 0.29) is 0 Å². The van der Waals surface area contributed by atoms with Gasteiger partial charge in [0.1, 0.15) is 0 Å². The van der Waals surface area contributed by atoms with Crippen LogP contribution in [0.2, 0.25) is 0 Å². The number of nitrogens with one attached hydrogen (secondary N) is 1. The summed E-state index contributed by atoms with van der Waals surface area (Å²) >= 11 is 0. The lowest BCUT2D eigenvalue weighted by Gasteiger charge is -2.37. The van der Waals surface area contributed by atoms with Crippen LogP contribution in [0.15, 0.2) is 30.3 Å². The first kappa shape index (κ1) is 16.9. The molecule has 2 aliphatic rings. The summed E-state index contributed by atoms with van der Waals surface area (Å²) in [6.45, 7) is 2.07. The summed E-state index contributed by atoms with van der Waals surface area (Å²) < 4.78 is 5.40. The molecule has 2 N–H and O–H groups in total. The molecule has 0 spiro atoms. The summed E-state index contributed by atoms with van der Waals surface area (Å²) in [4.78, 5) is 0. The third kappa shape index (κ3) is 5.03. The van der Waals surface area contributed by atoms with Crippen LogP contribution in [0.1, 0.15) is 50.5 Å². The Bertz CT molecular complexity index is 450. The van der Waals surface area contributed by atoms with Crippen molar-refractivity contribution >= 4 is 0 Å². The molecule has 3 rings (SSSR count). The second-order valence-electron chi connectivity index (χ2n) is 7.41. The quantitative estimate of drug-likeness (QED) is 0.846. The van der Waals surface area contributed by atoms with E-state index in [0.717, 1.165) is 25.2 Å². The molecule has 23 heavy (non-hydrogen) atoms. The van der Waals surface area contributed by atoms with Crippen LogP contribution in [-0.2, 0) is 11.2 Å². The predicted molar refractivity (Wildman–Crippen MR) is 93.5 cm³/mol. The molecular formula is C20H31NO2. The van der Waals surface area contributed by atoms with Gasteiger partial charge in [0.15, 0.2) is 0 Å². The van der Waals surface area contributed by atoms with Crippen molar-refractivity contribution < 1.29 is 9.84 Å². The van der Waals surface area contributed by atoms with Crippen LogP contribution >= 0.6 is 0 Å². The van der Waals surface area contributed by atoms with Crippen molar-refractivity contribution in [3.05, 3.63) is 35.9 Å². The van der Waals surface area contributed by atoms with Crippen LogP contribution in [0.3, 0.4) is 0 Å². The molecule has 1 atom stereocenters. The molecule has 128 valence electrons. The Labute approximate surface area is 140 Å². The minimum atomic E-state index is -0.581. The molecule has 1 saturated heterocycles. The maximum Gasteiger partial charge on any atom is 0.0815 e. The molecule has 1 heterocycles. The van der Waals surface area contributed by atoms with Gasteiger partial charge in [-0.2, -0.15) is 0 Å². The molecule has 1 aromatic rings. The summed E-state index contributed by atoms with van der Waals surface area (Å²) in [6.07, 6.45) is 9.32. The number of rotatable bonds is 6. The van der Waals surface area contributed by atoms with Gasteiger partial charge >= 0.3 is 0 Å². The van der Waals surface area contributed by atoms with E-state index in [1.165, 1.54) is 37.7 Å². The summed E-state index contributed by atoms with van der Waals surface area (Å²) in [6, 6.07) is 11.3. The monoisotopic (exact) mass is 317 g/mol. The highest BCUT2D eigenvalue weighted by Gasteiger charge is 2.32. The molecule has 1 aromatic carbocycles. The predicted octanol–water partition coefficient (Wildman–Crippen LogP) is 3.31. The van der Waals surface area contributed by atoms with Crippen molar-refractivity contribution in [2.24, 2.45) is 5.92 Å². The number of hydrogen-bond acceptors (Lipinski definition) is 3. The number of ether oxygens (including phenoxy) is 1. The van der Waals surface area contributed by atoms with E-state index in [4.69, 9.17) is 4.74 Å². The van der Waals surface area contributed by atoms with Gasteiger partial charge in [-0.05, 0) is 30.7 Å². The van der Waals surface area contributed by atoms with Gasteiger partial charge in [-0.15, -0.1) is 0 Å². The van der Waals surface area contributed by atoms with Crippen LogP contribution in [0, 0.1) is 5.92 Å². The minimum Gasteiger partial charge on any atom is -0.388 e. The molecule has 0 radical (unpaired) electrons. The van der Waals surface area contributed by atoms with Gasteiger partial charge < -0.3 is 15.2 Å². The largest absolute Gasteiger partial charge is 0.388 e. The normalized spacial score (nSPS) is 23.5. The Morgan fingerprint density at radius 1 is 1.09 bits per heavy atom. The van der Waals surface area contributed by atoms with E-state index >= 15 is 0 Å². The van der Waals surface area contributed by atoms with E-state index < -0.39 is 5.60 Å². The molecule has 1 unspecified atom stereocenters. The number of benzene rings is 1. The summed E-state index contributed by atoms with van der Waals surface area (Å²) in [5.41, 5.74) is 0.816. The van der Waals surface area contributed by atoms with Crippen LogP contribution in [0.5, 0.6) is 0 Å². The molecule has 3 nitrogen and oxygen atoms in total. The maximum absolute atomic E-state index is 10.7. The zero-order valence-corrected chi connectivity index (χ0v) is 14.2. The standard InChI is InChI=1S/C20H31NO2/c22-20(11-13-23-14-12-20)16-21-19(18-9-5-2-6-10-18)15-17-7-3-1-4-8-17/h1,3-4,7-8,18-19,21-22H,2,5-6,9-16H2. The van der Waals surface area contributed by atoms with Crippen LogP contribution in [0.4, 0.5) is 0 Å². The summed E-state index contributed by atoms with van der Waals surface area (Å²) in [5, 5.41) is 14.5. The molecule has 2 fully saturated rings. The van der Waals surface area contributed by atoms with Crippen molar-refractivity contribution in [3.8, 4) is 0 Å². The zero-order chi connectivity index (χ0) is 16.0. The fraction of sp³-hybridized carbons (Fsp3) is 0.700. The Kier molecular flexibility index (Phi) is 6.09. The second kappa shape index (κ2) is 8.27.